The van der Waals surface area contributed by atoms with Crippen LogP contribution in [-0.4, -0.2) is 39.8 Å². The van der Waals surface area contributed by atoms with Gasteiger partial charge in [-0.15, -0.1) is 0 Å². The van der Waals surface area contributed by atoms with Crippen molar-refractivity contribution >= 4 is 5.91 Å². The molecule has 39 heavy (non-hydrogen) atoms. The second kappa shape index (κ2) is 10.8. The maximum absolute atomic E-state index is 13.8. The summed E-state index contributed by atoms with van der Waals surface area (Å²) in [5, 5.41) is 18.5. The zero-order valence-electron chi connectivity index (χ0n) is 23.1. The van der Waals surface area contributed by atoms with Gasteiger partial charge in [0.05, 0.1) is 19.8 Å². The molecule has 0 aliphatic carbocycles. The number of hydrogen-bond donors (Lipinski definition) is 2. The van der Waals surface area contributed by atoms with Crippen LogP contribution in [0.1, 0.15) is 64.6 Å². The highest BCUT2D eigenvalue weighted by Gasteiger charge is 2.43. The Kier molecular flexibility index (Phi) is 7.33. The quantitative estimate of drug-likeness (QED) is 0.258. The molecule has 7 nitrogen and oxygen atoms in total. The van der Waals surface area contributed by atoms with Crippen LogP contribution >= 0.6 is 0 Å². The van der Waals surface area contributed by atoms with Gasteiger partial charge in [-0.2, -0.15) is 5.10 Å². The van der Waals surface area contributed by atoms with Crippen LogP contribution in [-0.2, 0) is 6.54 Å². The Morgan fingerprint density at radius 1 is 1.05 bits per heavy atom. The second-order valence-corrected chi connectivity index (χ2v) is 10.6. The molecule has 5 rings (SSSR count). The number of aromatic hydroxyl groups is 1. The van der Waals surface area contributed by atoms with Gasteiger partial charge in [0.15, 0.2) is 11.5 Å². The van der Waals surface area contributed by atoms with Gasteiger partial charge >= 0.3 is 0 Å². The molecule has 0 radical (unpaired) electrons. The highest BCUT2D eigenvalue weighted by molar-refractivity contribution is 6.00. The van der Waals surface area contributed by atoms with Crippen LogP contribution in [0, 0.1) is 19.8 Å². The average molecular weight is 526 g/mol. The molecule has 2 heterocycles. The molecule has 1 amide bonds. The molecule has 7 heteroatoms. The molecule has 202 valence electrons. The zero-order valence-corrected chi connectivity index (χ0v) is 23.1. The lowest BCUT2D eigenvalue weighted by Crippen LogP contribution is -2.29. The predicted octanol–water partition coefficient (Wildman–Crippen LogP) is 6.58. The van der Waals surface area contributed by atoms with Crippen LogP contribution in [0.5, 0.6) is 17.2 Å². The number of carbonyl (C=O) groups is 1. The second-order valence-electron chi connectivity index (χ2n) is 10.6. The zero-order chi connectivity index (χ0) is 27.7. The minimum absolute atomic E-state index is 0.140. The highest BCUT2D eigenvalue weighted by atomic mass is 16.5. The molecular formula is C32H35N3O4. The number of amides is 1. The number of rotatable bonds is 9. The van der Waals surface area contributed by atoms with Gasteiger partial charge in [0, 0.05) is 17.7 Å². The fraction of sp³-hybridized carbons (Fsp3) is 0.312. The number of benzene rings is 3. The van der Waals surface area contributed by atoms with E-state index in [1.54, 1.807) is 13.2 Å². The summed E-state index contributed by atoms with van der Waals surface area (Å²) < 4.78 is 11.8. The Morgan fingerprint density at radius 2 is 1.82 bits per heavy atom. The lowest BCUT2D eigenvalue weighted by molar-refractivity contribution is 0.0730. The smallest absolute Gasteiger partial charge is 0.273 e. The summed E-state index contributed by atoms with van der Waals surface area (Å²) in [4.78, 5) is 15.7. The van der Waals surface area contributed by atoms with Crippen LogP contribution in [0.4, 0.5) is 0 Å². The molecule has 1 aliphatic heterocycles. The Hall–Kier alpha value is -4.26. The van der Waals surface area contributed by atoms with E-state index in [1.807, 2.05) is 73.3 Å². The van der Waals surface area contributed by atoms with Crippen LogP contribution in [0.25, 0.3) is 11.3 Å². The van der Waals surface area contributed by atoms with E-state index in [2.05, 4.69) is 24.0 Å². The van der Waals surface area contributed by atoms with E-state index in [-0.39, 0.29) is 11.7 Å². The summed E-state index contributed by atoms with van der Waals surface area (Å²) in [5.41, 5.74) is 6.11. The molecule has 1 aliphatic rings. The summed E-state index contributed by atoms with van der Waals surface area (Å²) >= 11 is 0. The van der Waals surface area contributed by atoms with Gasteiger partial charge in [-0.3, -0.25) is 9.89 Å². The number of aryl methyl sites for hydroxylation is 2. The SMILES string of the molecule is COc1cc(C2c3c(-c4c(C)cc(C)cc4O)n[nH]c3C(=O)N2Cc2ccccc2)ccc1OCCC(C)C. The number of nitrogens with one attached hydrogen (secondary N) is 1. The lowest BCUT2D eigenvalue weighted by Gasteiger charge is -2.27. The fourth-order valence-corrected chi connectivity index (χ4v) is 5.31. The molecule has 2 N–H and O–H groups in total. The number of aromatic nitrogens is 2. The van der Waals surface area contributed by atoms with E-state index in [0.29, 0.717) is 47.5 Å². The Balaban J connectivity index is 1.63. The van der Waals surface area contributed by atoms with Crippen LogP contribution in [0.3, 0.4) is 0 Å². The molecule has 0 saturated carbocycles. The van der Waals surface area contributed by atoms with Crippen molar-refractivity contribution in [3.8, 4) is 28.5 Å². The fourth-order valence-electron chi connectivity index (χ4n) is 5.31. The first-order valence-corrected chi connectivity index (χ1v) is 13.3. The molecule has 0 saturated heterocycles. The maximum atomic E-state index is 13.8. The predicted molar refractivity (Wildman–Crippen MR) is 151 cm³/mol. The number of nitrogens with zero attached hydrogens (tertiary/aromatic N) is 2. The summed E-state index contributed by atoms with van der Waals surface area (Å²) in [6.07, 6.45) is 0.939. The van der Waals surface area contributed by atoms with Crippen molar-refractivity contribution in [3.05, 3.63) is 94.2 Å². The van der Waals surface area contributed by atoms with E-state index < -0.39 is 6.04 Å². The number of aromatic amines is 1. The van der Waals surface area contributed by atoms with Gasteiger partial charge in [-0.1, -0.05) is 56.3 Å². The first kappa shape index (κ1) is 26.4. The summed E-state index contributed by atoms with van der Waals surface area (Å²) in [7, 11) is 1.62. The minimum atomic E-state index is -0.444. The molecule has 0 spiro atoms. The Bertz CT molecular complexity index is 1470. The molecule has 0 bridgehead atoms. The number of phenolic OH excluding ortho intramolecular Hbond substituents is 1. The van der Waals surface area contributed by atoms with Gasteiger partial charge in [0.2, 0.25) is 0 Å². The van der Waals surface area contributed by atoms with Crippen LogP contribution < -0.4 is 9.47 Å². The standard InChI is InChI=1S/C32H35N3O4/c1-19(2)13-14-39-25-12-11-23(17-26(25)38-5)31-28-29(27-21(4)15-20(3)16-24(27)36)33-34-30(28)32(37)35(31)18-22-9-7-6-8-10-22/h6-12,15-17,19,31,36H,13-14,18H2,1-5H3,(H,33,34). The number of ether oxygens (including phenoxy) is 2. The van der Waals surface area contributed by atoms with Crippen LogP contribution in [0.2, 0.25) is 0 Å². The molecule has 0 fully saturated rings. The lowest BCUT2D eigenvalue weighted by atomic mass is 9.93. The van der Waals surface area contributed by atoms with E-state index >= 15 is 0 Å². The summed E-state index contributed by atoms with van der Waals surface area (Å²) in [6, 6.07) is 19.0. The summed E-state index contributed by atoms with van der Waals surface area (Å²) in [6.45, 7) is 9.22. The van der Waals surface area contributed by atoms with E-state index in [1.165, 1.54) is 0 Å². The van der Waals surface area contributed by atoms with E-state index in [9.17, 15) is 9.90 Å². The van der Waals surface area contributed by atoms with E-state index in [4.69, 9.17) is 9.47 Å². The molecule has 1 atom stereocenters. The van der Waals surface area contributed by atoms with Gasteiger partial charge in [0.25, 0.3) is 5.91 Å². The Labute approximate surface area is 229 Å². The number of methoxy groups -OCH3 is 1. The topological polar surface area (TPSA) is 87.7 Å². The molecule has 1 aromatic heterocycles. The normalized spacial score (nSPS) is 14.7. The number of carbonyl (C=O) groups excluding carboxylic acids is 1. The van der Waals surface area contributed by atoms with Crippen molar-refractivity contribution in [2.24, 2.45) is 5.92 Å². The van der Waals surface area contributed by atoms with Crippen LogP contribution in [0.15, 0.2) is 60.7 Å². The van der Waals surface area contributed by atoms with Gasteiger partial charge in [-0.25, -0.2) is 0 Å². The average Bonchev–Trinajstić information content (AvgIpc) is 3.43. The first-order chi connectivity index (χ1) is 18.8. The number of fused-ring (bicyclic) bond motifs is 1. The number of H-pyrrole nitrogens is 1. The van der Waals surface area contributed by atoms with Crippen molar-refractivity contribution in [2.75, 3.05) is 13.7 Å². The van der Waals surface area contributed by atoms with E-state index in [0.717, 1.165) is 34.2 Å². The third-order valence-corrected chi connectivity index (χ3v) is 7.21. The highest BCUT2D eigenvalue weighted by Crippen LogP contribution is 2.47. The third kappa shape index (κ3) is 5.09. The molecule has 1 unspecified atom stereocenters. The number of phenols is 1. The van der Waals surface area contributed by atoms with Crippen molar-refractivity contribution in [3.63, 3.8) is 0 Å². The largest absolute Gasteiger partial charge is 0.507 e. The monoisotopic (exact) mass is 525 g/mol. The van der Waals surface area contributed by atoms with Crippen molar-refractivity contribution < 1.29 is 19.4 Å². The van der Waals surface area contributed by atoms with Gasteiger partial charge in [-0.05, 0) is 66.6 Å². The maximum Gasteiger partial charge on any atom is 0.273 e. The first-order valence-electron chi connectivity index (χ1n) is 13.3. The Morgan fingerprint density at radius 3 is 2.51 bits per heavy atom. The van der Waals surface area contributed by atoms with Crippen molar-refractivity contribution in [2.45, 2.75) is 46.7 Å². The number of hydrogen-bond acceptors (Lipinski definition) is 5. The minimum Gasteiger partial charge on any atom is -0.507 e. The molecular weight excluding hydrogens is 490 g/mol. The van der Waals surface area contributed by atoms with Gasteiger partial charge < -0.3 is 19.5 Å². The van der Waals surface area contributed by atoms with Crippen molar-refractivity contribution in [1.82, 2.24) is 15.1 Å². The van der Waals surface area contributed by atoms with Crippen molar-refractivity contribution in [1.29, 1.82) is 0 Å². The third-order valence-electron chi connectivity index (χ3n) is 7.21. The summed E-state index contributed by atoms with van der Waals surface area (Å²) in [5.74, 6) is 1.81. The molecule has 3 aromatic carbocycles. The molecule has 4 aromatic rings. The van der Waals surface area contributed by atoms with Gasteiger partial charge in [0.1, 0.15) is 17.1 Å².